The zero-order valence-electron chi connectivity index (χ0n) is 11.7. The van der Waals surface area contributed by atoms with E-state index in [4.69, 9.17) is 10.5 Å². The smallest absolute Gasteiger partial charge is 0.215 e. The first-order chi connectivity index (χ1) is 9.52. The molecule has 3 N–H and O–H groups in total. The van der Waals surface area contributed by atoms with E-state index in [1.807, 2.05) is 31.2 Å². The van der Waals surface area contributed by atoms with Gasteiger partial charge in [-0.3, -0.25) is 0 Å². The minimum absolute atomic E-state index is 0.0255. The Balaban J connectivity index is 1.96. The summed E-state index contributed by atoms with van der Waals surface area (Å²) in [5.41, 5.74) is 7.26. The maximum absolute atomic E-state index is 12.1. The largest absolute Gasteiger partial charge is 0.378 e. The van der Waals surface area contributed by atoms with E-state index < -0.39 is 10.0 Å². The van der Waals surface area contributed by atoms with Crippen LogP contribution in [0.25, 0.3) is 0 Å². The molecule has 112 valence electrons. The molecule has 2 atom stereocenters. The normalized spacial score (nSPS) is 23.1. The average molecular weight is 298 g/mol. The summed E-state index contributed by atoms with van der Waals surface area (Å²) in [5, 5.41) is 0. The lowest BCUT2D eigenvalue weighted by atomic mass is 10.0. The quantitative estimate of drug-likeness (QED) is 0.820. The van der Waals surface area contributed by atoms with E-state index in [2.05, 4.69) is 4.72 Å². The number of rotatable bonds is 6. The molecule has 2 rings (SSSR count). The van der Waals surface area contributed by atoms with Crippen molar-refractivity contribution in [3.8, 4) is 0 Å². The van der Waals surface area contributed by atoms with E-state index >= 15 is 0 Å². The van der Waals surface area contributed by atoms with Crippen molar-refractivity contribution in [1.29, 1.82) is 0 Å². The zero-order chi connectivity index (χ0) is 14.6. The first-order valence-electron chi connectivity index (χ1n) is 6.87. The van der Waals surface area contributed by atoms with Crippen molar-refractivity contribution in [2.24, 2.45) is 11.7 Å². The van der Waals surface area contributed by atoms with Crippen LogP contribution < -0.4 is 10.5 Å². The van der Waals surface area contributed by atoms with Gasteiger partial charge >= 0.3 is 0 Å². The Morgan fingerprint density at radius 2 is 2.05 bits per heavy atom. The van der Waals surface area contributed by atoms with Gasteiger partial charge in [-0.1, -0.05) is 24.3 Å². The van der Waals surface area contributed by atoms with Crippen LogP contribution in [0.5, 0.6) is 0 Å². The number of hydrogen-bond acceptors (Lipinski definition) is 4. The maximum atomic E-state index is 12.1. The Kier molecular flexibility index (Phi) is 5.15. The second-order valence-corrected chi connectivity index (χ2v) is 7.01. The highest BCUT2D eigenvalue weighted by molar-refractivity contribution is 7.88. The fraction of sp³-hybridized carbons (Fsp3) is 0.571. The maximum Gasteiger partial charge on any atom is 0.215 e. The van der Waals surface area contributed by atoms with Crippen LogP contribution in [-0.4, -0.2) is 27.7 Å². The summed E-state index contributed by atoms with van der Waals surface area (Å²) >= 11 is 0. The van der Waals surface area contributed by atoms with Crippen molar-refractivity contribution < 1.29 is 13.2 Å². The summed E-state index contributed by atoms with van der Waals surface area (Å²) in [6.07, 6.45) is 1.03. The summed E-state index contributed by atoms with van der Waals surface area (Å²) in [7, 11) is -3.34. The Bertz CT molecular complexity index is 545. The lowest BCUT2D eigenvalue weighted by molar-refractivity contribution is 0.107. The van der Waals surface area contributed by atoms with Gasteiger partial charge in [-0.15, -0.1) is 0 Å². The predicted molar refractivity (Wildman–Crippen MR) is 78.5 cm³/mol. The minimum atomic E-state index is -3.34. The Morgan fingerprint density at radius 3 is 2.65 bits per heavy atom. The van der Waals surface area contributed by atoms with E-state index in [-0.39, 0.29) is 17.8 Å². The molecule has 1 saturated heterocycles. The van der Waals surface area contributed by atoms with Gasteiger partial charge in [0.25, 0.3) is 0 Å². The molecule has 1 aromatic rings. The standard InChI is InChI=1S/C14H22N2O3S/c1-11-13(6-7-19-11)9-16-20(17,18)10-14-5-3-2-4-12(14)8-15/h2-5,11,13,16H,6-10,15H2,1H3. The highest BCUT2D eigenvalue weighted by atomic mass is 32.2. The number of hydrogen-bond donors (Lipinski definition) is 2. The van der Waals surface area contributed by atoms with Crippen LogP contribution in [0.15, 0.2) is 24.3 Å². The predicted octanol–water partition coefficient (Wildman–Crippen LogP) is 0.990. The first kappa shape index (κ1) is 15.4. The molecule has 0 aromatic heterocycles. The lowest BCUT2D eigenvalue weighted by Gasteiger charge is -2.15. The highest BCUT2D eigenvalue weighted by Crippen LogP contribution is 2.20. The van der Waals surface area contributed by atoms with Gasteiger partial charge in [-0.25, -0.2) is 13.1 Å². The molecule has 1 fully saturated rings. The van der Waals surface area contributed by atoms with Crippen molar-refractivity contribution in [1.82, 2.24) is 4.72 Å². The van der Waals surface area contributed by atoms with Gasteiger partial charge in [0.05, 0.1) is 11.9 Å². The third-order valence-corrected chi connectivity index (χ3v) is 5.08. The van der Waals surface area contributed by atoms with Crippen LogP contribution in [0.1, 0.15) is 24.5 Å². The van der Waals surface area contributed by atoms with Gasteiger partial charge in [-0.05, 0) is 24.5 Å². The Morgan fingerprint density at radius 1 is 1.35 bits per heavy atom. The summed E-state index contributed by atoms with van der Waals surface area (Å²) in [6.45, 7) is 3.48. The van der Waals surface area contributed by atoms with Gasteiger partial charge < -0.3 is 10.5 Å². The van der Waals surface area contributed by atoms with Gasteiger partial charge in [0.2, 0.25) is 10.0 Å². The molecule has 2 unspecified atom stereocenters. The molecule has 0 aliphatic carbocycles. The minimum Gasteiger partial charge on any atom is -0.378 e. The fourth-order valence-electron chi connectivity index (χ4n) is 2.43. The molecule has 6 heteroatoms. The van der Waals surface area contributed by atoms with Crippen LogP contribution in [0.4, 0.5) is 0 Å². The number of ether oxygens (including phenoxy) is 1. The van der Waals surface area contributed by atoms with Gasteiger partial charge in [0, 0.05) is 25.6 Å². The molecule has 0 bridgehead atoms. The molecule has 1 aliphatic rings. The summed E-state index contributed by atoms with van der Waals surface area (Å²) in [4.78, 5) is 0. The zero-order valence-corrected chi connectivity index (χ0v) is 12.5. The third kappa shape index (κ3) is 4.02. The molecule has 0 spiro atoms. The molecule has 0 amide bonds. The van der Waals surface area contributed by atoms with E-state index in [0.717, 1.165) is 17.5 Å². The van der Waals surface area contributed by atoms with Crippen molar-refractivity contribution in [2.75, 3.05) is 13.2 Å². The Hall–Kier alpha value is -0.950. The lowest BCUT2D eigenvalue weighted by Crippen LogP contribution is -2.33. The van der Waals surface area contributed by atoms with E-state index in [9.17, 15) is 8.42 Å². The van der Waals surface area contributed by atoms with Crippen LogP contribution in [0.3, 0.4) is 0 Å². The average Bonchev–Trinajstić information content (AvgIpc) is 2.82. The molecule has 1 aromatic carbocycles. The summed E-state index contributed by atoms with van der Waals surface area (Å²) < 4.78 is 32.4. The van der Waals surface area contributed by atoms with Crippen LogP contribution in [-0.2, 0) is 27.1 Å². The number of nitrogens with one attached hydrogen (secondary N) is 1. The molecule has 1 aliphatic heterocycles. The number of nitrogens with two attached hydrogens (primary N) is 1. The number of sulfonamides is 1. The SMILES string of the molecule is CC1OCCC1CNS(=O)(=O)Cc1ccccc1CN. The Labute approximate surface area is 120 Å². The van der Waals surface area contributed by atoms with Crippen molar-refractivity contribution in [3.63, 3.8) is 0 Å². The van der Waals surface area contributed by atoms with Gasteiger partial charge in [0.15, 0.2) is 0 Å². The molecule has 5 nitrogen and oxygen atoms in total. The molecular weight excluding hydrogens is 276 g/mol. The third-order valence-electron chi connectivity index (χ3n) is 3.78. The van der Waals surface area contributed by atoms with E-state index in [1.165, 1.54) is 0 Å². The fourth-order valence-corrected chi connectivity index (χ4v) is 3.69. The van der Waals surface area contributed by atoms with Crippen LogP contribution in [0.2, 0.25) is 0 Å². The number of benzene rings is 1. The van der Waals surface area contributed by atoms with Crippen LogP contribution >= 0.6 is 0 Å². The molecule has 1 heterocycles. The highest BCUT2D eigenvalue weighted by Gasteiger charge is 2.25. The van der Waals surface area contributed by atoms with Crippen molar-refractivity contribution in [2.45, 2.75) is 31.7 Å². The van der Waals surface area contributed by atoms with Gasteiger partial charge in [0.1, 0.15) is 0 Å². The second kappa shape index (κ2) is 6.67. The monoisotopic (exact) mass is 298 g/mol. The van der Waals surface area contributed by atoms with E-state index in [1.54, 1.807) is 0 Å². The molecule has 0 saturated carbocycles. The van der Waals surface area contributed by atoms with Crippen LogP contribution in [0, 0.1) is 5.92 Å². The molecule has 20 heavy (non-hydrogen) atoms. The summed E-state index contributed by atoms with van der Waals surface area (Å²) in [5.74, 6) is 0.233. The van der Waals surface area contributed by atoms with Gasteiger partial charge in [-0.2, -0.15) is 0 Å². The van der Waals surface area contributed by atoms with E-state index in [0.29, 0.717) is 19.7 Å². The first-order valence-corrected chi connectivity index (χ1v) is 8.53. The van der Waals surface area contributed by atoms with Crippen molar-refractivity contribution >= 4 is 10.0 Å². The molecular formula is C14H22N2O3S. The van der Waals surface area contributed by atoms with Crippen molar-refractivity contribution in [3.05, 3.63) is 35.4 Å². The topological polar surface area (TPSA) is 81.4 Å². The molecule has 0 radical (unpaired) electrons. The summed E-state index contributed by atoms with van der Waals surface area (Å²) in [6, 6.07) is 7.36. The second-order valence-electron chi connectivity index (χ2n) is 5.21.